The molecule has 11 heteroatoms. The van der Waals surface area contributed by atoms with E-state index >= 15 is 0 Å². The summed E-state index contributed by atoms with van der Waals surface area (Å²) in [5.74, 6) is -4.41. The molecule has 0 unspecified atom stereocenters. The van der Waals surface area contributed by atoms with E-state index in [0.717, 1.165) is 17.4 Å². The van der Waals surface area contributed by atoms with E-state index in [9.17, 15) is 27.2 Å². The van der Waals surface area contributed by atoms with Crippen LogP contribution in [-0.4, -0.2) is 21.8 Å². The van der Waals surface area contributed by atoms with Crippen LogP contribution in [0.2, 0.25) is 0 Å². The molecule has 1 N–H and O–H groups in total. The second-order valence-electron chi connectivity index (χ2n) is 5.22. The molecule has 6 nitrogen and oxygen atoms in total. The monoisotopic (exact) mass is 399 g/mol. The zero-order chi connectivity index (χ0) is 19.6. The van der Waals surface area contributed by atoms with Gasteiger partial charge in [0.25, 0.3) is 11.7 Å². The van der Waals surface area contributed by atoms with Crippen LogP contribution in [0, 0.1) is 5.82 Å². The van der Waals surface area contributed by atoms with E-state index in [1.165, 1.54) is 18.2 Å². The molecular weight excluding hydrogens is 390 g/mol. The van der Waals surface area contributed by atoms with E-state index < -0.39 is 35.4 Å². The van der Waals surface area contributed by atoms with Crippen LogP contribution < -0.4 is 5.32 Å². The molecule has 27 heavy (non-hydrogen) atoms. The lowest BCUT2D eigenvalue weighted by Gasteiger charge is -2.06. The van der Waals surface area contributed by atoms with Crippen molar-refractivity contribution >= 4 is 23.0 Å². The highest BCUT2D eigenvalue weighted by molar-refractivity contribution is 7.13. The molecule has 2 heterocycles. The highest BCUT2D eigenvalue weighted by atomic mass is 32.1. The molecule has 1 amide bonds. The van der Waals surface area contributed by atoms with Gasteiger partial charge in [-0.2, -0.15) is 18.2 Å². The molecular formula is C16H9F4N3O3S. The standard InChI is InChI=1S/C16H9F4N3O3S/c17-10-6-8(13-22-15(26-23-13)16(18,19)20)3-4-9(10)7-21-14(25)12(24)11-2-1-5-27-11/h1-6H,7H2,(H,21,25). The summed E-state index contributed by atoms with van der Waals surface area (Å²) in [5, 5.41) is 7.09. The molecule has 0 radical (unpaired) electrons. The minimum atomic E-state index is -4.80. The van der Waals surface area contributed by atoms with E-state index in [2.05, 4.69) is 20.0 Å². The molecule has 0 saturated heterocycles. The number of hydrogen-bond donors (Lipinski definition) is 1. The maximum Gasteiger partial charge on any atom is 0.471 e. The molecule has 0 fully saturated rings. The molecule has 0 bridgehead atoms. The van der Waals surface area contributed by atoms with Gasteiger partial charge in [-0.25, -0.2) is 4.39 Å². The van der Waals surface area contributed by atoms with E-state index in [1.807, 2.05) is 0 Å². The number of ketones is 1. The molecule has 0 aliphatic heterocycles. The number of aromatic nitrogens is 2. The van der Waals surface area contributed by atoms with Gasteiger partial charge >= 0.3 is 12.1 Å². The predicted molar refractivity (Wildman–Crippen MR) is 85.2 cm³/mol. The number of nitrogens with one attached hydrogen (secondary N) is 1. The van der Waals surface area contributed by atoms with Crippen LogP contribution >= 0.6 is 11.3 Å². The van der Waals surface area contributed by atoms with E-state index in [0.29, 0.717) is 0 Å². The number of carbonyl (C=O) groups is 2. The van der Waals surface area contributed by atoms with Crippen LogP contribution in [0.15, 0.2) is 40.2 Å². The Morgan fingerprint density at radius 1 is 1.22 bits per heavy atom. The second-order valence-corrected chi connectivity index (χ2v) is 6.16. The van der Waals surface area contributed by atoms with Crippen LogP contribution in [-0.2, 0) is 17.5 Å². The third-order valence-electron chi connectivity index (χ3n) is 3.37. The third-order valence-corrected chi connectivity index (χ3v) is 4.24. The quantitative estimate of drug-likeness (QED) is 0.404. The minimum absolute atomic E-state index is 0.0310. The number of benzene rings is 1. The number of Topliss-reactive ketones (excluding diaryl/α,β-unsaturated/α-hetero) is 1. The Morgan fingerprint density at radius 3 is 2.59 bits per heavy atom. The lowest BCUT2D eigenvalue weighted by molar-refractivity contribution is -0.159. The number of rotatable bonds is 5. The number of halogens is 4. The summed E-state index contributed by atoms with van der Waals surface area (Å²) in [4.78, 5) is 27.0. The van der Waals surface area contributed by atoms with Crippen molar-refractivity contribution in [3.8, 4) is 11.4 Å². The van der Waals surface area contributed by atoms with Crippen molar-refractivity contribution in [1.82, 2.24) is 15.5 Å². The summed E-state index contributed by atoms with van der Waals surface area (Å²) < 4.78 is 55.6. The van der Waals surface area contributed by atoms with Crippen molar-refractivity contribution in [3.63, 3.8) is 0 Å². The molecule has 3 aromatic rings. The zero-order valence-corrected chi connectivity index (χ0v) is 14.0. The number of alkyl halides is 3. The zero-order valence-electron chi connectivity index (χ0n) is 13.2. The largest absolute Gasteiger partial charge is 0.471 e. The Kier molecular flexibility index (Phi) is 5.04. The molecule has 0 atom stereocenters. The summed E-state index contributed by atoms with van der Waals surface area (Å²) in [6.45, 7) is -0.276. The van der Waals surface area contributed by atoms with Crippen LogP contribution in [0.3, 0.4) is 0 Å². The molecule has 2 aromatic heterocycles. The first kappa shape index (κ1) is 18.7. The number of amides is 1. The van der Waals surface area contributed by atoms with Gasteiger partial charge in [0.2, 0.25) is 5.82 Å². The molecule has 0 aliphatic rings. The number of thiophene rings is 1. The van der Waals surface area contributed by atoms with Gasteiger partial charge in [0.05, 0.1) is 4.88 Å². The summed E-state index contributed by atoms with van der Waals surface area (Å²) >= 11 is 1.10. The first-order chi connectivity index (χ1) is 12.8. The Hall–Kier alpha value is -3.08. The van der Waals surface area contributed by atoms with Crippen LogP contribution in [0.4, 0.5) is 17.6 Å². The second kappa shape index (κ2) is 7.27. The minimum Gasteiger partial charge on any atom is -0.345 e. The summed E-state index contributed by atoms with van der Waals surface area (Å²) in [5.41, 5.74) is 0.00195. The summed E-state index contributed by atoms with van der Waals surface area (Å²) in [7, 11) is 0. The van der Waals surface area contributed by atoms with Crippen molar-refractivity contribution in [3.05, 3.63) is 57.9 Å². The average molecular weight is 399 g/mol. The van der Waals surface area contributed by atoms with Gasteiger partial charge in [0.15, 0.2) is 0 Å². The lowest BCUT2D eigenvalue weighted by Crippen LogP contribution is -2.30. The van der Waals surface area contributed by atoms with Gasteiger partial charge in [0, 0.05) is 17.7 Å². The maximum absolute atomic E-state index is 14.2. The molecule has 0 spiro atoms. The van der Waals surface area contributed by atoms with Gasteiger partial charge in [-0.3, -0.25) is 9.59 Å². The molecule has 1 aromatic carbocycles. The fourth-order valence-corrected chi connectivity index (χ4v) is 2.72. The first-order valence-electron chi connectivity index (χ1n) is 7.31. The van der Waals surface area contributed by atoms with Gasteiger partial charge in [-0.05, 0) is 17.5 Å². The normalized spacial score (nSPS) is 11.4. The van der Waals surface area contributed by atoms with Gasteiger partial charge < -0.3 is 9.84 Å². The highest BCUT2D eigenvalue weighted by Gasteiger charge is 2.38. The number of nitrogens with zero attached hydrogens (tertiary/aromatic N) is 2. The number of hydrogen-bond acceptors (Lipinski definition) is 6. The fourth-order valence-electron chi connectivity index (χ4n) is 2.06. The molecule has 3 rings (SSSR count). The predicted octanol–water partition coefficient (Wildman–Crippen LogP) is 3.46. The Labute approximate surface area is 152 Å². The van der Waals surface area contributed by atoms with Crippen molar-refractivity contribution in [1.29, 1.82) is 0 Å². The third kappa shape index (κ3) is 4.19. The van der Waals surface area contributed by atoms with Crippen LogP contribution in [0.25, 0.3) is 11.4 Å². The van der Waals surface area contributed by atoms with E-state index in [1.54, 1.807) is 11.4 Å². The van der Waals surface area contributed by atoms with E-state index in [-0.39, 0.29) is 22.5 Å². The highest BCUT2D eigenvalue weighted by Crippen LogP contribution is 2.29. The summed E-state index contributed by atoms with van der Waals surface area (Å²) in [6, 6.07) is 6.53. The molecule has 0 saturated carbocycles. The number of carbonyl (C=O) groups excluding carboxylic acids is 2. The average Bonchev–Trinajstić information content (AvgIpc) is 3.30. The lowest BCUT2D eigenvalue weighted by atomic mass is 10.1. The van der Waals surface area contributed by atoms with Crippen LogP contribution in [0.5, 0.6) is 0 Å². The summed E-state index contributed by atoms with van der Waals surface area (Å²) in [6.07, 6.45) is -4.80. The molecule has 0 aliphatic carbocycles. The first-order valence-corrected chi connectivity index (χ1v) is 8.19. The smallest absolute Gasteiger partial charge is 0.345 e. The Bertz CT molecular complexity index is 983. The molecule has 140 valence electrons. The van der Waals surface area contributed by atoms with Crippen LogP contribution in [0.1, 0.15) is 21.1 Å². The van der Waals surface area contributed by atoms with Gasteiger partial charge in [-0.15, -0.1) is 11.3 Å². The van der Waals surface area contributed by atoms with Crippen molar-refractivity contribution in [2.24, 2.45) is 0 Å². The topological polar surface area (TPSA) is 85.1 Å². The van der Waals surface area contributed by atoms with Crippen molar-refractivity contribution in [2.45, 2.75) is 12.7 Å². The van der Waals surface area contributed by atoms with Gasteiger partial charge in [-0.1, -0.05) is 23.4 Å². The van der Waals surface area contributed by atoms with Gasteiger partial charge in [0.1, 0.15) is 5.82 Å². The van der Waals surface area contributed by atoms with E-state index in [4.69, 9.17) is 0 Å². The fraction of sp³-hybridized carbons (Fsp3) is 0.125. The maximum atomic E-state index is 14.2. The Morgan fingerprint density at radius 2 is 2.00 bits per heavy atom. The Balaban J connectivity index is 1.69. The SMILES string of the molecule is O=C(NCc1ccc(-c2noc(C(F)(F)F)n2)cc1F)C(=O)c1cccs1. The van der Waals surface area contributed by atoms with Crippen molar-refractivity contribution in [2.75, 3.05) is 0 Å². The van der Waals surface area contributed by atoms with Crippen molar-refractivity contribution < 1.29 is 31.7 Å².